The highest BCUT2D eigenvalue weighted by Gasteiger charge is 2.04. The Morgan fingerprint density at radius 3 is 2.33 bits per heavy atom. The first kappa shape index (κ1) is 7.75. The van der Waals surface area contributed by atoms with E-state index in [4.69, 9.17) is 0 Å². The predicted octanol–water partition coefficient (Wildman–Crippen LogP) is 2.83. The monoisotopic (exact) mass is 316 g/mol. The summed E-state index contributed by atoms with van der Waals surface area (Å²) in [4.78, 5) is 0. The van der Waals surface area contributed by atoms with Crippen molar-refractivity contribution in [1.82, 2.24) is 10.2 Å². The molecule has 1 heterocycles. The van der Waals surface area contributed by atoms with Gasteiger partial charge in [-0.2, -0.15) is 5.10 Å². The van der Waals surface area contributed by atoms with Gasteiger partial charge in [-0.25, -0.2) is 0 Å². The Kier molecular flexibility index (Phi) is 2.73. The molecule has 0 unspecified atom stereocenters. The van der Waals surface area contributed by atoms with Crippen LogP contribution in [0.4, 0.5) is 0 Å². The molecule has 0 saturated carbocycles. The summed E-state index contributed by atoms with van der Waals surface area (Å²) in [5.41, 5.74) is 1.04. The van der Waals surface area contributed by atoms with Gasteiger partial charge in [0.25, 0.3) is 0 Å². The van der Waals surface area contributed by atoms with Crippen LogP contribution in [-0.4, -0.2) is 10.2 Å². The van der Waals surface area contributed by atoms with Crippen LogP contribution in [0.2, 0.25) is 0 Å². The zero-order chi connectivity index (χ0) is 6.85. The number of rotatable bonds is 1. The van der Waals surface area contributed by atoms with Crippen LogP contribution >= 0.6 is 47.8 Å². The molecular weight excluding hydrogens is 316 g/mol. The second-order valence-corrected chi connectivity index (χ2v) is 3.55. The summed E-state index contributed by atoms with van der Waals surface area (Å²) in [6, 6.07) is 0. The molecule has 0 spiro atoms. The summed E-state index contributed by atoms with van der Waals surface area (Å²) < 4.78 is 1.80. The lowest BCUT2D eigenvalue weighted by atomic mass is 10.5. The molecule has 0 amide bonds. The minimum atomic E-state index is 0.784. The normalized spacial score (nSPS) is 10.1. The van der Waals surface area contributed by atoms with Crippen LogP contribution in [0.3, 0.4) is 0 Å². The van der Waals surface area contributed by atoms with E-state index in [1.165, 1.54) is 0 Å². The Balaban J connectivity index is 3.04. The van der Waals surface area contributed by atoms with Crippen molar-refractivity contribution in [2.45, 2.75) is 5.33 Å². The number of H-pyrrole nitrogens is 1. The second kappa shape index (κ2) is 3.16. The number of alkyl halides is 1. The number of nitrogens with zero attached hydrogens (tertiary/aromatic N) is 1. The topological polar surface area (TPSA) is 28.7 Å². The minimum absolute atomic E-state index is 0.784. The van der Waals surface area contributed by atoms with Crippen molar-refractivity contribution in [2.24, 2.45) is 0 Å². The molecule has 0 atom stereocenters. The van der Waals surface area contributed by atoms with Gasteiger partial charge in [-0.3, -0.25) is 5.10 Å². The van der Waals surface area contributed by atoms with E-state index in [1.807, 2.05) is 0 Å². The van der Waals surface area contributed by atoms with Crippen LogP contribution < -0.4 is 0 Å². The molecule has 1 aromatic rings. The summed E-state index contributed by atoms with van der Waals surface area (Å²) in [5.74, 6) is 0. The van der Waals surface area contributed by atoms with Crippen molar-refractivity contribution in [3.8, 4) is 0 Å². The lowest BCUT2D eigenvalue weighted by molar-refractivity contribution is 1.03. The van der Waals surface area contributed by atoms with Gasteiger partial charge >= 0.3 is 0 Å². The van der Waals surface area contributed by atoms with E-state index in [9.17, 15) is 0 Å². The molecule has 9 heavy (non-hydrogen) atoms. The molecule has 0 bridgehead atoms. The summed E-state index contributed by atoms with van der Waals surface area (Å²) in [6.07, 6.45) is 0. The SMILES string of the molecule is BrCc1[nH]nc(Br)c1Br. The first-order chi connectivity index (χ1) is 4.25. The fourth-order valence-electron chi connectivity index (χ4n) is 0.428. The molecule has 1 aromatic heterocycles. The number of hydrogen-bond acceptors (Lipinski definition) is 1. The van der Waals surface area contributed by atoms with Crippen molar-refractivity contribution in [2.75, 3.05) is 0 Å². The fourth-order valence-corrected chi connectivity index (χ4v) is 1.86. The third-order valence-corrected chi connectivity index (χ3v) is 3.39. The smallest absolute Gasteiger partial charge is 0.142 e. The molecule has 2 nitrogen and oxygen atoms in total. The molecule has 0 aliphatic carbocycles. The van der Waals surface area contributed by atoms with Gasteiger partial charge in [0.15, 0.2) is 0 Å². The van der Waals surface area contributed by atoms with E-state index in [2.05, 4.69) is 58.0 Å². The molecule has 0 radical (unpaired) electrons. The van der Waals surface area contributed by atoms with Crippen molar-refractivity contribution in [3.63, 3.8) is 0 Å². The average Bonchev–Trinajstić information content (AvgIpc) is 2.15. The van der Waals surface area contributed by atoms with E-state index >= 15 is 0 Å². The lowest BCUT2D eigenvalue weighted by Gasteiger charge is -1.85. The minimum Gasteiger partial charge on any atom is -0.279 e. The number of aromatic nitrogens is 2. The second-order valence-electron chi connectivity index (χ2n) is 1.44. The van der Waals surface area contributed by atoms with Gasteiger partial charge in [0.1, 0.15) is 4.60 Å². The maximum Gasteiger partial charge on any atom is 0.142 e. The standard InChI is InChI=1S/C4H3Br3N2/c5-1-2-3(6)4(7)9-8-2/h1H2,(H,8,9). The van der Waals surface area contributed by atoms with E-state index in [0.29, 0.717) is 0 Å². The molecule has 0 aliphatic rings. The van der Waals surface area contributed by atoms with Crippen LogP contribution in [0.5, 0.6) is 0 Å². The number of aromatic amines is 1. The van der Waals surface area contributed by atoms with E-state index < -0.39 is 0 Å². The Morgan fingerprint density at radius 2 is 2.11 bits per heavy atom. The summed E-state index contributed by atoms with van der Waals surface area (Å²) in [6.45, 7) is 0. The van der Waals surface area contributed by atoms with Gasteiger partial charge in [0.2, 0.25) is 0 Å². The number of hydrogen-bond donors (Lipinski definition) is 1. The van der Waals surface area contributed by atoms with Crippen LogP contribution in [0.1, 0.15) is 5.69 Å². The Morgan fingerprint density at radius 1 is 1.44 bits per heavy atom. The zero-order valence-electron chi connectivity index (χ0n) is 4.29. The van der Waals surface area contributed by atoms with Crippen molar-refractivity contribution < 1.29 is 0 Å². The Hall–Kier alpha value is 0.650. The third kappa shape index (κ3) is 1.56. The summed E-state index contributed by atoms with van der Waals surface area (Å²) in [7, 11) is 0. The van der Waals surface area contributed by atoms with Crippen molar-refractivity contribution in [1.29, 1.82) is 0 Å². The third-order valence-electron chi connectivity index (χ3n) is 0.869. The molecule has 0 saturated heterocycles. The van der Waals surface area contributed by atoms with Crippen LogP contribution in [0, 0.1) is 0 Å². The zero-order valence-corrected chi connectivity index (χ0v) is 9.05. The van der Waals surface area contributed by atoms with E-state index in [-0.39, 0.29) is 0 Å². The first-order valence-electron chi connectivity index (χ1n) is 2.20. The maximum atomic E-state index is 3.90. The van der Waals surface area contributed by atoms with Gasteiger partial charge in [-0.1, -0.05) is 15.9 Å². The quantitative estimate of drug-likeness (QED) is 0.793. The Labute approximate surface area is 77.8 Å². The Bertz CT molecular complexity index is 208. The molecule has 50 valence electrons. The molecule has 1 rings (SSSR count). The molecular formula is C4H3Br3N2. The highest BCUT2D eigenvalue weighted by Crippen LogP contribution is 2.24. The van der Waals surface area contributed by atoms with Gasteiger partial charge in [-0.15, -0.1) is 0 Å². The van der Waals surface area contributed by atoms with Gasteiger partial charge in [0, 0.05) is 5.33 Å². The molecule has 1 N–H and O–H groups in total. The van der Waals surface area contributed by atoms with Crippen molar-refractivity contribution >= 4 is 47.8 Å². The van der Waals surface area contributed by atoms with Gasteiger partial charge in [-0.05, 0) is 31.9 Å². The fraction of sp³-hybridized carbons (Fsp3) is 0.250. The van der Waals surface area contributed by atoms with Gasteiger partial charge in [0.05, 0.1) is 10.2 Å². The summed E-state index contributed by atoms with van der Waals surface area (Å²) >= 11 is 9.89. The lowest BCUT2D eigenvalue weighted by Crippen LogP contribution is -1.75. The molecule has 5 heteroatoms. The summed E-state index contributed by atoms with van der Waals surface area (Å²) in [5, 5.41) is 7.52. The highest BCUT2D eigenvalue weighted by molar-refractivity contribution is 9.13. The van der Waals surface area contributed by atoms with Crippen LogP contribution in [-0.2, 0) is 5.33 Å². The molecule has 0 aliphatic heterocycles. The predicted molar refractivity (Wildman–Crippen MR) is 46.6 cm³/mol. The molecule has 0 aromatic carbocycles. The maximum absolute atomic E-state index is 3.90. The van der Waals surface area contributed by atoms with Gasteiger partial charge < -0.3 is 0 Å². The van der Waals surface area contributed by atoms with Crippen LogP contribution in [0.15, 0.2) is 9.08 Å². The van der Waals surface area contributed by atoms with E-state index in [0.717, 1.165) is 20.1 Å². The highest BCUT2D eigenvalue weighted by atomic mass is 79.9. The number of nitrogens with one attached hydrogen (secondary N) is 1. The first-order valence-corrected chi connectivity index (χ1v) is 4.90. The molecule has 0 fully saturated rings. The average molecular weight is 319 g/mol. The number of halogens is 3. The van der Waals surface area contributed by atoms with Crippen molar-refractivity contribution in [3.05, 3.63) is 14.8 Å². The largest absolute Gasteiger partial charge is 0.279 e. The van der Waals surface area contributed by atoms with Crippen LogP contribution in [0.25, 0.3) is 0 Å². The van der Waals surface area contributed by atoms with E-state index in [1.54, 1.807) is 0 Å².